The molecule has 1 amide bonds. The maximum absolute atomic E-state index is 13.2. The fraction of sp³-hybridized carbons (Fsp3) is 0.231. The van der Waals surface area contributed by atoms with Gasteiger partial charge in [-0.15, -0.1) is 0 Å². The molecule has 0 aromatic heterocycles. The zero-order valence-electron chi connectivity index (χ0n) is 18.5. The summed E-state index contributed by atoms with van der Waals surface area (Å²) < 4.78 is 11.8. The van der Waals surface area contributed by atoms with Crippen LogP contribution in [0.25, 0.3) is 0 Å². The van der Waals surface area contributed by atoms with Crippen LogP contribution in [-0.4, -0.2) is 23.1 Å². The summed E-state index contributed by atoms with van der Waals surface area (Å²) >= 11 is 25.4. The molecule has 3 aromatic carbocycles. The van der Waals surface area contributed by atoms with Gasteiger partial charge >= 0.3 is 0 Å². The standard InChI is InChI=1S/C26H21Cl4FN2O2/c1-2-15-3-6-21(12-22(15)24(35)33-20-7-4-19(31)5-8-20)32-13-25(14-34)23(26(25,29)30)16-9-17(27)11-18(28)10-16/h3-12,14,23,32H,2,13H2,1H3,(H,33,35). The van der Waals surface area contributed by atoms with Crippen LogP contribution < -0.4 is 10.6 Å². The number of aldehydes is 1. The molecule has 1 aliphatic carbocycles. The van der Waals surface area contributed by atoms with Crippen molar-refractivity contribution in [1.29, 1.82) is 0 Å². The molecule has 9 heteroatoms. The Morgan fingerprint density at radius 2 is 1.63 bits per heavy atom. The Bertz CT molecular complexity index is 1260. The minimum atomic E-state index is -1.36. The van der Waals surface area contributed by atoms with Crippen molar-refractivity contribution in [3.05, 3.63) is 93.2 Å². The lowest BCUT2D eigenvalue weighted by Gasteiger charge is -2.16. The summed E-state index contributed by atoms with van der Waals surface area (Å²) in [5.41, 5.74) is 1.94. The van der Waals surface area contributed by atoms with Gasteiger partial charge in [0.2, 0.25) is 0 Å². The molecule has 0 aliphatic heterocycles. The Kier molecular flexibility index (Phi) is 7.35. The highest BCUT2D eigenvalue weighted by Crippen LogP contribution is 2.73. The SMILES string of the molecule is CCc1ccc(NCC2(C=O)C(c3cc(Cl)cc(Cl)c3)C2(Cl)Cl)cc1C(=O)Nc1ccc(F)cc1. The molecule has 3 aromatic rings. The van der Waals surface area contributed by atoms with Gasteiger partial charge in [-0.3, -0.25) is 4.79 Å². The molecule has 2 N–H and O–H groups in total. The van der Waals surface area contributed by atoms with Crippen molar-refractivity contribution >= 4 is 70.0 Å². The van der Waals surface area contributed by atoms with Crippen LogP contribution in [0.15, 0.2) is 60.7 Å². The predicted molar refractivity (Wildman–Crippen MR) is 141 cm³/mol. The molecule has 2 atom stereocenters. The van der Waals surface area contributed by atoms with E-state index in [0.717, 1.165) is 11.8 Å². The fourth-order valence-corrected chi connectivity index (χ4v) is 5.84. The van der Waals surface area contributed by atoms with Crippen LogP contribution in [0.2, 0.25) is 10.0 Å². The van der Waals surface area contributed by atoms with Crippen LogP contribution in [0.3, 0.4) is 0 Å². The third-order valence-electron chi connectivity index (χ3n) is 6.27. The van der Waals surface area contributed by atoms with E-state index in [1.807, 2.05) is 19.1 Å². The Labute approximate surface area is 222 Å². The number of anilines is 2. The number of hydrogen-bond donors (Lipinski definition) is 2. The molecule has 0 radical (unpaired) electrons. The first-order valence-electron chi connectivity index (χ1n) is 10.8. The van der Waals surface area contributed by atoms with Gasteiger partial charge in [0.15, 0.2) is 0 Å². The Morgan fingerprint density at radius 3 is 2.23 bits per heavy atom. The van der Waals surface area contributed by atoms with E-state index < -0.39 is 15.7 Å². The van der Waals surface area contributed by atoms with Gasteiger partial charge in [0.05, 0.1) is 5.41 Å². The van der Waals surface area contributed by atoms with Crippen LogP contribution in [0.5, 0.6) is 0 Å². The average Bonchev–Trinajstić information content (AvgIpc) is 3.32. The molecular weight excluding hydrogens is 533 g/mol. The third-order valence-corrected chi connectivity index (χ3v) is 7.84. The highest BCUT2D eigenvalue weighted by atomic mass is 35.5. The van der Waals surface area contributed by atoms with Gasteiger partial charge in [-0.25, -0.2) is 4.39 Å². The molecule has 2 unspecified atom stereocenters. The second-order valence-electron chi connectivity index (χ2n) is 8.46. The predicted octanol–water partition coefficient (Wildman–Crippen LogP) is 7.52. The van der Waals surface area contributed by atoms with E-state index in [9.17, 15) is 14.0 Å². The number of benzene rings is 3. The largest absolute Gasteiger partial charge is 0.384 e. The van der Waals surface area contributed by atoms with Gasteiger partial charge in [-0.05, 0) is 72.1 Å². The first kappa shape index (κ1) is 25.8. The van der Waals surface area contributed by atoms with E-state index in [4.69, 9.17) is 46.4 Å². The van der Waals surface area contributed by atoms with E-state index in [2.05, 4.69) is 10.6 Å². The number of halogens is 5. The number of amides is 1. The highest BCUT2D eigenvalue weighted by Gasteiger charge is 2.76. The van der Waals surface area contributed by atoms with Crippen molar-refractivity contribution in [2.24, 2.45) is 5.41 Å². The lowest BCUT2D eigenvalue weighted by Crippen LogP contribution is -2.23. The Hall–Kier alpha value is -2.31. The van der Waals surface area contributed by atoms with E-state index in [1.54, 1.807) is 24.3 Å². The zero-order chi connectivity index (χ0) is 25.4. The molecule has 35 heavy (non-hydrogen) atoms. The summed E-state index contributed by atoms with van der Waals surface area (Å²) in [6, 6.07) is 15.9. The van der Waals surface area contributed by atoms with Crippen molar-refractivity contribution in [2.75, 3.05) is 17.2 Å². The summed E-state index contributed by atoms with van der Waals surface area (Å²) in [6.07, 6.45) is 1.39. The second kappa shape index (κ2) is 9.98. The van der Waals surface area contributed by atoms with Crippen LogP contribution in [0.1, 0.15) is 34.3 Å². The number of carbonyl (C=O) groups is 2. The number of alkyl halides is 2. The number of rotatable bonds is 8. The summed E-state index contributed by atoms with van der Waals surface area (Å²) in [5, 5.41) is 6.82. The van der Waals surface area contributed by atoms with Crippen molar-refractivity contribution in [3.63, 3.8) is 0 Å². The molecule has 0 bridgehead atoms. The number of aryl methyl sites for hydroxylation is 1. The number of carbonyl (C=O) groups excluding carboxylic acids is 2. The lowest BCUT2D eigenvalue weighted by atomic mass is 9.99. The Balaban J connectivity index is 1.55. The van der Waals surface area contributed by atoms with Gasteiger partial charge in [-0.2, -0.15) is 0 Å². The van der Waals surface area contributed by atoms with Crippen molar-refractivity contribution in [3.8, 4) is 0 Å². The van der Waals surface area contributed by atoms with E-state index in [1.165, 1.54) is 24.3 Å². The minimum Gasteiger partial charge on any atom is -0.384 e. The monoisotopic (exact) mass is 552 g/mol. The highest BCUT2D eigenvalue weighted by molar-refractivity contribution is 6.54. The molecule has 1 saturated carbocycles. The first-order chi connectivity index (χ1) is 16.6. The van der Waals surface area contributed by atoms with Gasteiger partial charge < -0.3 is 15.4 Å². The fourth-order valence-electron chi connectivity index (χ4n) is 4.32. The molecule has 4 rings (SSSR count). The first-order valence-corrected chi connectivity index (χ1v) is 12.4. The molecule has 1 fully saturated rings. The molecular formula is C26H21Cl4FN2O2. The minimum absolute atomic E-state index is 0.128. The van der Waals surface area contributed by atoms with Crippen LogP contribution in [0.4, 0.5) is 15.8 Å². The quantitative estimate of drug-likeness (QED) is 0.224. The maximum Gasteiger partial charge on any atom is 0.256 e. The molecule has 0 saturated heterocycles. The molecule has 0 spiro atoms. The van der Waals surface area contributed by atoms with Gasteiger partial charge in [0.1, 0.15) is 16.4 Å². The van der Waals surface area contributed by atoms with Crippen LogP contribution in [0, 0.1) is 11.2 Å². The second-order valence-corrected chi connectivity index (χ2v) is 10.7. The van der Waals surface area contributed by atoms with Crippen LogP contribution >= 0.6 is 46.4 Å². The Morgan fingerprint density at radius 1 is 1.00 bits per heavy atom. The van der Waals surface area contributed by atoms with Crippen molar-refractivity contribution in [2.45, 2.75) is 23.6 Å². The molecule has 182 valence electrons. The van der Waals surface area contributed by atoms with E-state index >= 15 is 0 Å². The van der Waals surface area contributed by atoms with Crippen molar-refractivity contribution < 1.29 is 14.0 Å². The summed E-state index contributed by atoms with van der Waals surface area (Å²) in [7, 11) is 0. The van der Waals surface area contributed by atoms with Gasteiger partial charge in [-0.1, -0.05) is 59.4 Å². The molecule has 0 heterocycles. The summed E-state index contributed by atoms with van der Waals surface area (Å²) in [5.74, 6) is -1.24. The van der Waals surface area contributed by atoms with E-state index in [-0.39, 0.29) is 18.3 Å². The number of hydrogen-bond acceptors (Lipinski definition) is 3. The van der Waals surface area contributed by atoms with Crippen LogP contribution in [-0.2, 0) is 11.2 Å². The lowest BCUT2D eigenvalue weighted by molar-refractivity contribution is -0.112. The topological polar surface area (TPSA) is 58.2 Å². The van der Waals surface area contributed by atoms with E-state index in [0.29, 0.717) is 39.0 Å². The van der Waals surface area contributed by atoms with Gasteiger partial charge in [0.25, 0.3) is 5.91 Å². The number of nitrogens with one attached hydrogen (secondary N) is 2. The smallest absolute Gasteiger partial charge is 0.256 e. The molecule has 4 nitrogen and oxygen atoms in total. The average molecular weight is 554 g/mol. The van der Waals surface area contributed by atoms with Gasteiger partial charge in [0, 0.05) is 39.4 Å². The molecule has 1 aliphatic rings. The zero-order valence-corrected chi connectivity index (χ0v) is 21.6. The summed E-state index contributed by atoms with van der Waals surface area (Å²) in [4.78, 5) is 25.2. The summed E-state index contributed by atoms with van der Waals surface area (Å²) in [6.45, 7) is 2.07. The maximum atomic E-state index is 13.2. The third kappa shape index (κ3) is 5.01. The normalized spacial score (nSPS) is 20.2. The van der Waals surface area contributed by atoms with Crippen molar-refractivity contribution in [1.82, 2.24) is 0 Å².